The minimum Gasteiger partial charge on any atom is -0.378 e. The van der Waals surface area contributed by atoms with Crippen molar-refractivity contribution >= 4 is 5.91 Å². The zero-order valence-electron chi connectivity index (χ0n) is 12.7. The van der Waals surface area contributed by atoms with Gasteiger partial charge in [0.15, 0.2) is 0 Å². The Balaban J connectivity index is 2.28. The summed E-state index contributed by atoms with van der Waals surface area (Å²) in [5.41, 5.74) is 4.85. The summed E-state index contributed by atoms with van der Waals surface area (Å²) >= 11 is 0. The summed E-state index contributed by atoms with van der Waals surface area (Å²) in [4.78, 5) is 11.6. The van der Waals surface area contributed by atoms with Crippen molar-refractivity contribution in [1.82, 2.24) is 5.32 Å². The predicted octanol–water partition coefficient (Wildman–Crippen LogP) is 2.22. The van der Waals surface area contributed by atoms with Gasteiger partial charge in [0.25, 0.3) is 0 Å². The summed E-state index contributed by atoms with van der Waals surface area (Å²) in [6.07, 6.45) is 6.92. The average Bonchev–Trinajstić information content (AvgIpc) is 2.29. The molecule has 1 saturated carbocycles. The lowest BCUT2D eigenvalue weighted by Crippen LogP contribution is -2.55. The number of nitrogens with one attached hydrogen (secondary N) is 1. The van der Waals surface area contributed by atoms with E-state index in [1.54, 1.807) is 0 Å². The van der Waals surface area contributed by atoms with Gasteiger partial charge in [-0.25, -0.2) is 0 Å². The molecule has 0 bridgehead atoms. The second-order valence-electron chi connectivity index (χ2n) is 6.09. The molecule has 2 atom stereocenters. The predicted molar refractivity (Wildman–Crippen MR) is 77.9 cm³/mol. The molecule has 0 radical (unpaired) electrons. The molecule has 3 N–H and O–H groups in total. The van der Waals surface area contributed by atoms with Crippen LogP contribution in [-0.4, -0.2) is 30.7 Å². The maximum atomic E-state index is 11.6. The molecule has 0 heterocycles. The van der Waals surface area contributed by atoms with Gasteiger partial charge in [0.2, 0.25) is 5.91 Å². The van der Waals surface area contributed by atoms with E-state index in [0.717, 1.165) is 31.9 Å². The van der Waals surface area contributed by atoms with E-state index in [9.17, 15) is 4.79 Å². The van der Waals surface area contributed by atoms with Crippen LogP contribution >= 0.6 is 0 Å². The first-order valence-electron chi connectivity index (χ1n) is 7.64. The van der Waals surface area contributed by atoms with Gasteiger partial charge in [-0.1, -0.05) is 26.2 Å². The number of hydrogen-bond donors (Lipinski definition) is 2. The number of nitrogens with two attached hydrogens (primary N) is 1. The van der Waals surface area contributed by atoms with Crippen LogP contribution in [0.1, 0.15) is 59.3 Å². The molecule has 0 spiro atoms. The number of amides is 1. The Labute approximate surface area is 117 Å². The summed E-state index contributed by atoms with van der Waals surface area (Å²) in [7, 11) is 0. The van der Waals surface area contributed by atoms with Gasteiger partial charge < -0.3 is 15.8 Å². The Bertz CT molecular complexity index is 279. The number of rotatable bonds is 10. The van der Waals surface area contributed by atoms with Crippen molar-refractivity contribution < 1.29 is 9.53 Å². The van der Waals surface area contributed by atoms with Crippen molar-refractivity contribution in [2.24, 2.45) is 11.7 Å². The number of carbonyl (C=O) groups excluding carboxylic acids is 1. The van der Waals surface area contributed by atoms with Gasteiger partial charge >= 0.3 is 0 Å². The third-order valence-corrected chi connectivity index (χ3v) is 4.16. The fraction of sp³-hybridized carbons (Fsp3) is 0.933. The van der Waals surface area contributed by atoms with Gasteiger partial charge in [0, 0.05) is 13.0 Å². The van der Waals surface area contributed by atoms with Crippen LogP contribution in [0, 0.1) is 5.92 Å². The molecule has 112 valence electrons. The van der Waals surface area contributed by atoms with Crippen LogP contribution < -0.4 is 11.1 Å². The van der Waals surface area contributed by atoms with Gasteiger partial charge in [0.05, 0.1) is 11.6 Å². The van der Waals surface area contributed by atoms with E-state index in [2.05, 4.69) is 12.2 Å². The zero-order chi connectivity index (χ0) is 14.3. The molecule has 4 heteroatoms. The molecule has 0 aliphatic heterocycles. The standard InChI is InChI=1S/C15H30N2O2/c1-4-9-17-15(3,14(16)18)11-12(2)19-10-8-13-6-5-7-13/h12-13,17H,4-11H2,1-3H3,(H2,16,18). The highest BCUT2D eigenvalue weighted by molar-refractivity contribution is 5.84. The molecule has 0 aromatic heterocycles. The summed E-state index contributed by atoms with van der Waals surface area (Å²) in [6, 6.07) is 0. The summed E-state index contributed by atoms with van der Waals surface area (Å²) in [5.74, 6) is 0.573. The molecule has 19 heavy (non-hydrogen) atoms. The lowest BCUT2D eigenvalue weighted by Gasteiger charge is -2.31. The van der Waals surface area contributed by atoms with Crippen LogP contribution in [0.3, 0.4) is 0 Å². The molecule has 4 nitrogen and oxygen atoms in total. The van der Waals surface area contributed by atoms with E-state index in [-0.39, 0.29) is 12.0 Å². The van der Waals surface area contributed by atoms with Gasteiger partial charge in [0.1, 0.15) is 0 Å². The normalized spacial score (nSPS) is 20.6. The summed E-state index contributed by atoms with van der Waals surface area (Å²) < 4.78 is 5.83. The molecule has 0 aromatic carbocycles. The van der Waals surface area contributed by atoms with Crippen molar-refractivity contribution in [3.05, 3.63) is 0 Å². The van der Waals surface area contributed by atoms with Crippen molar-refractivity contribution in [3.63, 3.8) is 0 Å². The average molecular weight is 270 g/mol. The number of hydrogen-bond acceptors (Lipinski definition) is 3. The quantitative estimate of drug-likeness (QED) is 0.640. The fourth-order valence-corrected chi connectivity index (χ4v) is 2.51. The number of primary amides is 1. The molecule has 1 aliphatic rings. The molecule has 1 aliphatic carbocycles. The highest BCUT2D eigenvalue weighted by atomic mass is 16.5. The Morgan fingerprint density at radius 1 is 1.53 bits per heavy atom. The van der Waals surface area contributed by atoms with E-state index in [0.29, 0.717) is 6.42 Å². The van der Waals surface area contributed by atoms with E-state index in [1.165, 1.54) is 19.3 Å². The third-order valence-electron chi connectivity index (χ3n) is 4.16. The first kappa shape index (κ1) is 16.4. The minimum absolute atomic E-state index is 0.0573. The Morgan fingerprint density at radius 3 is 2.68 bits per heavy atom. The smallest absolute Gasteiger partial charge is 0.237 e. The highest BCUT2D eigenvalue weighted by Gasteiger charge is 2.32. The topological polar surface area (TPSA) is 64.3 Å². The van der Waals surface area contributed by atoms with Gasteiger partial charge in [-0.05, 0) is 39.2 Å². The molecule has 2 unspecified atom stereocenters. The summed E-state index contributed by atoms with van der Waals surface area (Å²) in [5, 5.41) is 3.24. The van der Waals surface area contributed by atoms with Crippen LogP contribution in [0.2, 0.25) is 0 Å². The first-order chi connectivity index (χ1) is 8.98. The molecule has 1 amide bonds. The molecule has 1 rings (SSSR count). The van der Waals surface area contributed by atoms with E-state index in [4.69, 9.17) is 10.5 Å². The molecular weight excluding hydrogens is 240 g/mol. The second kappa shape index (κ2) is 7.85. The summed E-state index contributed by atoms with van der Waals surface area (Å²) in [6.45, 7) is 7.57. The lowest BCUT2D eigenvalue weighted by molar-refractivity contribution is -0.125. The van der Waals surface area contributed by atoms with Crippen LogP contribution in [0.25, 0.3) is 0 Å². The van der Waals surface area contributed by atoms with Crippen molar-refractivity contribution in [3.8, 4) is 0 Å². The molecular formula is C15H30N2O2. The Hall–Kier alpha value is -0.610. The molecule has 1 fully saturated rings. The van der Waals surface area contributed by atoms with Gasteiger partial charge in [-0.15, -0.1) is 0 Å². The van der Waals surface area contributed by atoms with Crippen molar-refractivity contribution in [2.75, 3.05) is 13.2 Å². The van der Waals surface area contributed by atoms with E-state index in [1.807, 2.05) is 13.8 Å². The molecule has 0 aromatic rings. The fourth-order valence-electron chi connectivity index (χ4n) is 2.51. The van der Waals surface area contributed by atoms with Gasteiger partial charge in [-0.3, -0.25) is 4.79 Å². The Kier molecular flexibility index (Phi) is 6.80. The lowest BCUT2D eigenvalue weighted by atomic mass is 9.83. The van der Waals surface area contributed by atoms with Crippen molar-refractivity contribution in [2.45, 2.75) is 70.9 Å². The Morgan fingerprint density at radius 2 is 2.21 bits per heavy atom. The molecule has 0 saturated heterocycles. The SMILES string of the molecule is CCCNC(C)(CC(C)OCCC1CCC1)C(N)=O. The maximum Gasteiger partial charge on any atom is 0.237 e. The van der Waals surface area contributed by atoms with Gasteiger partial charge in [-0.2, -0.15) is 0 Å². The van der Waals surface area contributed by atoms with E-state index >= 15 is 0 Å². The van der Waals surface area contributed by atoms with Crippen LogP contribution in [-0.2, 0) is 9.53 Å². The zero-order valence-corrected chi connectivity index (χ0v) is 12.7. The second-order valence-corrected chi connectivity index (χ2v) is 6.09. The van der Waals surface area contributed by atoms with Crippen LogP contribution in [0.5, 0.6) is 0 Å². The van der Waals surface area contributed by atoms with Crippen LogP contribution in [0.4, 0.5) is 0 Å². The first-order valence-corrected chi connectivity index (χ1v) is 7.64. The monoisotopic (exact) mass is 270 g/mol. The maximum absolute atomic E-state index is 11.6. The third kappa shape index (κ3) is 5.49. The number of carbonyl (C=O) groups is 1. The van der Waals surface area contributed by atoms with Crippen LogP contribution in [0.15, 0.2) is 0 Å². The minimum atomic E-state index is -0.661. The van der Waals surface area contributed by atoms with Crippen molar-refractivity contribution in [1.29, 1.82) is 0 Å². The van der Waals surface area contributed by atoms with E-state index < -0.39 is 5.54 Å². The highest BCUT2D eigenvalue weighted by Crippen LogP contribution is 2.29. The largest absolute Gasteiger partial charge is 0.378 e. The number of ether oxygens (including phenoxy) is 1.